The molecular formula is C21H28N2O2. The maximum Gasteiger partial charge on any atom is 0.248 e. The summed E-state index contributed by atoms with van der Waals surface area (Å²) in [5, 5.41) is 3.44. The molecular weight excluding hydrogens is 312 g/mol. The number of rotatable bonds is 10. The maximum absolute atomic E-state index is 11.1. The number of ether oxygens (including phenoxy) is 1. The van der Waals surface area contributed by atoms with Gasteiger partial charge in [0.1, 0.15) is 5.75 Å². The third kappa shape index (κ3) is 6.59. The van der Waals surface area contributed by atoms with Crippen LogP contribution >= 0.6 is 0 Å². The first-order valence-electron chi connectivity index (χ1n) is 8.90. The van der Waals surface area contributed by atoms with Crippen molar-refractivity contribution in [2.75, 3.05) is 19.7 Å². The van der Waals surface area contributed by atoms with E-state index < -0.39 is 5.91 Å². The number of nitrogens with one attached hydrogen (secondary N) is 1. The number of carbonyl (C=O) groups is 1. The zero-order valence-electron chi connectivity index (χ0n) is 15.1. The monoisotopic (exact) mass is 340 g/mol. The molecule has 25 heavy (non-hydrogen) atoms. The van der Waals surface area contributed by atoms with Crippen molar-refractivity contribution in [1.29, 1.82) is 0 Å². The molecule has 0 spiro atoms. The Balaban J connectivity index is 1.81. The Kier molecular flexibility index (Phi) is 7.48. The van der Waals surface area contributed by atoms with E-state index in [2.05, 4.69) is 19.2 Å². The van der Waals surface area contributed by atoms with Gasteiger partial charge in [0.2, 0.25) is 5.91 Å². The fourth-order valence-corrected chi connectivity index (χ4v) is 2.50. The molecule has 0 saturated heterocycles. The Morgan fingerprint density at radius 1 is 1.08 bits per heavy atom. The molecule has 0 radical (unpaired) electrons. The van der Waals surface area contributed by atoms with E-state index in [4.69, 9.17) is 10.5 Å². The van der Waals surface area contributed by atoms with Crippen LogP contribution in [0.1, 0.15) is 37.0 Å². The number of hydrogen-bond acceptors (Lipinski definition) is 3. The van der Waals surface area contributed by atoms with E-state index in [-0.39, 0.29) is 0 Å². The molecule has 2 rings (SSSR count). The normalized spacial score (nSPS) is 10.8. The predicted molar refractivity (Wildman–Crippen MR) is 103 cm³/mol. The Hall–Kier alpha value is -2.33. The van der Waals surface area contributed by atoms with Gasteiger partial charge in [0.25, 0.3) is 0 Å². The van der Waals surface area contributed by atoms with Crippen molar-refractivity contribution < 1.29 is 9.53 Å². The third-order valence-corrected chi connectivity index (χ3v) is 4.00. The topological polar surface area (TPSA) is 64.3 Å². The Morgan fingerprint density at radius 3 is 2.52 bits per heavy atom. The molecule has 1 amide bonds. The zero-order valence-corrected chi connectivity index (χ0v) is 15.1. The second-order valence-corrected chi connectivity index (χ2v) is 6.60. The third-order valence-electron chi connectivity index (χ3n) is 4.00. The van der Waals surface area contributed by atoms with Crippen LogP contribution in [0.5, 0.6) is 5.75 Å². The van der Waals surface area contributed by atoms with Gasteiger partial charge >= 0.3 is 0 Å². The van der Waals surface area contributed by atoms with Gasteiger partial charge in [0, 0.05) is 5.56 Å². The fourth-order valence-electron chi connectivity index (χ4n) is 2.50. The lowest BCUT2D eigenvalue weighted by Crippen LogP contribution is -2.19. The Morgan fingerprint density at radius 2 is 1.84 bits per heavy atom. The van der Waals surface area contributed by atoms with Crippen LogP contribution in [0.3, 0.4) is 0 Å². The molecule has 0 heterocycles. The smallest absolute Gasteiger partial charge is 0.248 e. The van der Waals surface area contributed by atoms with Gasteiger partial charge in [-0.25, -0.2) is 0 Å². The quantitative estimate of drug-likeness (QED) is 0.646. The van der Waals surface area contributed by atoms with Crippen LogP contribution in [0.4, 0.5) is 0 Å². The van der Waals surface area contributed by atoms with Crippen molar-refractivity contribution in [3.05, 3.63) is 54.1 Å². The molecule has 0 aromatic heterocycles. The molecule has 0 saturated carbocycles. The van der Waals surface area contributed by atoms with Crippen LogP contribution in [0.25, 0.3) is 11.1 Å². The van der Waals surface area contributed by atoms with E-state index in [9.17, 15) is 4.79 Å². The maximum atomic E-state index is 11.1. The van der Waals surface area contributed by atoms with Crippen molar-refractivity contribution >= 4 is 5.91 Å². The Labute approximate surface area is 150 Å². The minimum absolute atomic E-state index is 0.411. The molecule has 0 bridgehead atoms. The molecule has 0 aliphatic carbocycles. The van der Waals surface area contributed by atoms with Gasteiger partial charge in [0.15, 0.2) is 0 Å². The van der Waals surface area contributed by atoms with Gasteiger partial charge in [-0.15, -0.1) is 0 Å². The molecule has 2 aromatic rings. The molecule has 0 aliphatic rings. The van der Waals surface area contributed by atoms with E-state index in [1.807, 2.05) is 36.4 Å². The van der Waals surface area contributed by atoms with Crippen molar-refractivity contribution in [3.63, 3.8) is 0 Å². The summed E-state index contributed by atoms with van der Waals surface area (Å²) < 4.78 is 5.84. The van der Waals surface area contributed by atoms with Gasteiger partial charge < -0.3 is 15.8 Å². The molecule has 0 aliphatic heterocycles. The summed E-state index contributed by atoms with van der Waals surface area (Å²) in [5.74, 6) is 1.19. The first kappa shape index (κ1) is 19.0. The summed E-state index contributed by atoms with van der Waals surface area (Å²) >= 11 is 0. The highest BCUT2D eigenvalue weighted by molar-refractivity contribution is 5.93. The molecule has 0 fully saturated rings. The van der Waals surface area contributed by atoms with Crippen LogP contribution in [-0.4, -0.2) is 25.6 Å². The largest absolute Gasteiger partial charge is 0.494 e. The standard InChI is InChI=1S/C21H28N2O2/c1-16(2)11-13-23-12-4-14-25-20-6-3-5-19(15-20)17-7-9-18(10-8-17)21(22)24/h3,5-10,15-16,23H,4,11-14H2,1-2H3,(H2,22,24). The minimum Gasteiger partial charge on any atom is -0.494 e. The number of carbonyl (C=O) groups excluding carboxylic acids is 1. The van der Waals surface area contributed by atoms with Crippen molar-refractivity contribution in [2.24, 2.45) is 11.7 Å². The van der Waals surface area contributed by atoms with E-state index >= 15 is 0 Å². The van der Waals surface area contributed by atoms with Crippen molar-refractivity contribution in [3.8, 4) is 16.9 Å². The lowest BCUT2D eigenvalue weighted by molar-refractivity contribution is 0.100. The molecule has 0 atom stereocenters. The molecule has 3 N–H and O–H groups in total. The highest BCUT2D eigenvalue weighted by Gasteiger charge is 2.03. The number of amides is 1. The first-order chi connectivity index (χ1) is 12.1. The summed E-state index contributed by atoms with van der Waals surface area (Å²) in [7, 11) is 0. The van der Waals surface area contributed by atoms with E-state index in [1.54, 1.807) is 12.1 Å². The summed E-state index contributed by atoms with van der Waals surface area (Å²) in [4.78, 5) is 11.1. The van der Waals surface area contributed by atoms with Crippen LogP contribution in [-0.2, 0) is 0 Å². The van der Waals surface area contributed by atoms with Gasteiger partial charge in [0.05, 0.1) is 6.61 Å². The van der Waals surface area contributed by atoms with Crippen LogP contribution in [0.2, 0.25) is 0 Å². The van der Waals surface area contributed by atoms with Crippen molar-refractivity contribution in [1.82, 2.24) is 5.32 Å². The lowest BCUT2D eigenvalue weighted by atomic mass is 10.0. The van der Waals surface area contributed by atoms with Gasteiger partial charge in [-0.05, 0) is 67.2 Å². The number of benzene rings is 2. The van der Waals surface area contributed by atoms with Crippen LogP contribution in [0.15, 0.2) is 48.5 Å². The van der Waals surface area contributed by atoms with E-state index in [1.165, 1.54) is 6.42 Å². The lowest BCUT2D eigenvalue weighted by Gasteiger charge is -2.10. The van der Waals surface area contributed by atoms with E-state index in [0.29, 0.717) is 12.2 Å². The van der Waals surface area contributed by atoms with Crippen molar-refractivity contribution in [2.45, 2.75) is 26.7 Å². The fraction of sp³-hybridized carbons (Fsp3) is 0.381. The second kappa shape index (κ2) is 9.84. The average Bonchev–Trinajstić information content (AvgIpc) is 2.61. The Bertz CT molecular complexity index is 666. The summed E-state index contributed by atoms with van der Waals surface area (Å²) in [5.41, 5.74) is 7.88. The molecule has 0 unspecified atom stereocenters. The van der Waals surface area contributed by atoms with Gasteiger partial charge in [-0.1, -0.05) is 38.1 Å². The second-order valence-electron chi connectivity index (χ2n) is 6.60. The summed E-state index contributed by atoms with van der Waals surface area (Å²) in [6.07, 6.45) is 2.19. The average molecular weight is 340 g/mol. The minimum atomic E-state index is -0.411. The summed E-state index contributed by atoms with van der Waals surface area (Å²) in [6, 6.07) is 15.3. The highest BCUT2D eigenvalue weighted by Crippen LogP contribution is 2.24. The first-order valence-corrected chi connectivity index (χ1v) is 8.90. The SMILES string of the molecule is CC(C)CCNCCCOc1cccc(-c2ccc(C(N)=O)cc2)c1. The van der Waals surface area contributed by atoms with E-state index in [0.717, 1.165) is 42.3 Å². The summed E-state index contributed by atoms with van der Waals surface area (Å²) in [6.45, 7) is 7.20. The van der Waals surface area contributed by atoms with Crippen LogP contribution in [0, 0.1) is 5.92 Å². The highest BCUT2D eigenvalue weighted by atomic mass is 16.5. The molecule has 2 aromatic carbocycles. The van der Waals surface area contributed by atoms with Gasteiger partial charge in [-0.3, -0.25) is 4.79 Å². The molecule has 4 nitrogen and oxygen atoms in total. The molecule has 134 valence electrons. The van der Waals surface area contributed by atoms with Crippen LogP contribution < -0.4 is 15.8 Å². The predicted octanol–water partition coefficient (Wildman–Crippen LogP) is 3.86. The van der Waals surface area contributed by atoms with Gasteiger partial charge in [-0.2, -0.15) is 0 Å². The number of primary amides is 1. The number of nitrogens with two attached hydrogens (primary N) is 1. The zero-order chi connectivity index (χ0) is 18.1. The molecule has 4 heteroatoms. The number of hydrogen-bond donors (Lipinski definition) is 2.